The summed E-state index contributed by atoms with van der Waals surface area (Å²) >= 11 is 0. The van der Waals surface area contributed by atoms with Crippen LogP contribution in [0.25, 0.3) is 0 Å². The predicted octanol–water partition coefficient (Wildman–Crippen LogP) is 17.5. The Hall–Kier alpha value is -11.1. The highest BCUT2D eigenvalue weighted by Gasteiger charge is 2.41. The van der Waals surface area contributed by atoms with Crippen LogP contribution in [0, 0.1) is 11.6 Å². The van der Waals surface area contributed by atoms with Gasteiger partial charge >= 0.3 is 5.97 Å². The molecule has 11 nitrogen and oxygen atoms in total. The lowest BCUT2D eigenvalue weighted by Gasteiger charge is -2.35. The molecule has 0 amide bonds. The van der Waals surface area contributed by atoms with Crippen molar-refractivity contribution in [3.63, 3.8) is 0 Å². The van der Waals surface area contributed by atoms with E-state index in [1.54, 1.807) is 48.5 Å². The first-order chi connectivity index (χ1) is 44.8. The first-order valence-corrected chi connectivity index (χ1v) is 30.0. The third-order valence-electron chi connectivity index (χ3n) is 15.1. The highest BCUT2D eigenvalue weighted by molar-refractivity contribution is 5.92. The average Bonchev–Trinajstić information content (AvgIpc) is 0.973. The molecule has 91 heavy (non-hydrogen) atoms. The molecule has 0 fully saturated rings. The topological polar surface area (TPSA) is 109 Å². The van der Waals surface area contributed by atoms with E-state index in [1.165, 1.54) is 0 Å². The van der Waals surface area contributed by atoms with Crippen molar-refractivity contribution in [2.45, 2.75) is 71.5 Å². The summed E-state index contributed by atoms with van der Waals surface area (Å²) in [6.07, 6.45) is -2.70. The van der Waals surface area contributed by atoms with Gasteiger partial charge in [0.05, 0.1) is 0 Å². The van der Waals surface area contributed by atoms with E-state index in [2.05, 4.69) is 0 Å². The maximum atomic E-state index is 18.1. The van der Waals surface area contributed by atoms with Gasteiger partial charge in [0, 0.05) is 29.7 Å². The van der Waals surface area contributed by atoms with Gasteiger partial charge in [-0.05, 0) is 56.6 Å². The molecule has 0 aliphatic carbocycles. The number of ether oxygens (including phenoxy) is 10. The zero-order chi connectivity index (χ0) is 62.0. The SMILES string of the molecule is O=C(O[C@@H]1Cc2c(OCc3ccccc3)cc(OCc3ccccc3)cc2O[C@H]1c1cc(OCc2ccccc2)c(OCc2ccccc2)c(OCc2ccccc2)c1)c1c(F)c(OCc2ccccc2)c(OCc2ccccc2)c(OCc2ccccc2)c1F. The number of halogens is 2. The maximum absolute atomic E-state index is 18.1. The van der Waals surface area contributed by atoms with E-state index < -0.39 is 46.9 Å². The van der Waals surface area contributed by atoms with Crippen LogP contribution >= 0.6 is 0 Å². The Bertz CT molecular complexity index is 4000. The summed E-state index contributed by atoms with van der Waals surface area (Å²) in [6.45, 7) is 0.236. The van der Waals surface area contributed by atoms with Gasteiger partial charge in [-0.1, -0.05) is 243 Å². The first-order valence-electron chi connectivity index (χ1n) is 30.0. The quantitative estimate of drug-likeness (QED) is 0.0459. The van der Waals surface area contributed by atoms with Crippen LogP contribution in [0.5, 0.6) is 51.7 Å². The van der Waals surface area contributed by atoms with E-state index in [1.807, 2.05) is 218 Å². The van der Waals surface area contributed by atoms with Gasteiger partial charge in [-0.15, -0.1) is 0 Å². The van der Waals surface area contributed by atoms with Gasteiger partial charge in [0.25, 0.3) is 0 Å². The predicted molar refractivity (Wildman–Crippen MR) is 342 cm³/mol. The molecule has 11 aromatic carbocycles. The molecule has 0 radical (unpaired) electrons. The summed E-state index contributed by atoms with van der Waals surface area (Å²) in [6, 6.07) is 82.6. The fourth-order valence-electron chi connectivity index (χ4n) is 10.4. The van der Waals surface area contributed by atoms with E-state index in [0.29, 0.717) is 50.8 Å². The van der Waals surface area contributed by atoms with Crippen molar-refractivity contribution < 1.29 is 60.9 Å². The van der Waals surface area contributed by atoms with Crippen molar-refractivity contribution in [2.75, 3.05) is 0 Å². The number of hydrogen-bond donors (Lipinski definition) is 0. The van der Waals surface area contributed by atoms with Crippen molar-refractivity contribution in [3.05, 3.63) is 340 Å². The fourth-order valence-corrected chi connectivity index (χ4v) is 10.4. The standard InChI is InChI=1S/C78H64F2O11/c79-71-70(72(80)76(88-52-60-37-21-7-22-38-60)77(89-53-61-39-23-8-24-40-61)75(71)87-51-59-35-19-6-20-36-59)78(81)91-69-45-64-65(83-47-55-27-11-2-12-28-55)43-63(82-46-54-25-9-1-10-26-54)44-66(64)90-73(69)62-41-67(84-48-56-29-13-3-14-30-56)74(86-50-58-33-17-5-18-34-58)68(42-62)85-49-57-31-15-4-16-32-57/h1-44,69,73H,45-53H2/t69-,73+/m1/s1. The third-order valence-corrected chi connectivity index (χ3v) is 15.1. The molecule has 11 aromatic rings. The molecular formula is C78H64F2O11. The molecule has 0 aromatic heterocycles. The van der Waals surface area contributed by atoms with Gasteiger partial charge in [-0.25, -0.2) is 13.6 Å². The summed E-state index contributed by atoms with van der Waals surface area (Å²) in [5.41, 5.74) is 6.25. The number of benzene rings is 11. The summed E-state index contributed by atoms with van der Waals surface area (Å²) in [7, 11) is 0. The largest absolute Gasteiger partial charge is 0.489 e. The summed E-state index contributed by atoms with van der Waals surface area (Å²) in [5, 5.41) is 0. The Balaban J connectivity index is 1.00. The minimum atomic E-state index is -1.39. The lowest BCUT2D eigenvalue weighted by atomic mass is 9.93. The lowest BCUT2D eigenvalue weighted by Crippen LogP contribution is -2.35. The van der Waals surface area contributed by atoms with Crippen LogP contribution in [0.2, 0.25) is 0 Å². The average molecular weight is 1220 g/mol. The Morgan fingerprint density at radius 2 is 0.659 bits per heavy atom. The molecule has 13 heteroatoms. The first kappa shape index (κ1) is 60.2. The molecule has 1 heterocycles. The molecule has 456 valence electrons. The summed E-state index contributed by atoms with van der Waals surface area (Å²) in [5.74, 6) is -3.70. The second-order valence-electron chi connectivity index (χ2n) is 21.6. The van der Waals surface area contributed by atoms with E-state index in [0.717, 1.165) is 27.8 Å². The lowest BCUT2D eigenvalue weighted by molar-refractivity contribution is -0.0199. The Morgan fingerprint density at radius 1 is 0.352 bits per heavy atom. The second-order valence-corrected chi connectivity index (χ2v) is 21.6. The highest BCUT2D eigenvalue weighted by atomic mass is 19.1. The van der Waals surface area contributed by atoms with Crippen molar-refractivity contribution in [2.24, 2.45) is 0 Å². The minimum absolute atomic E-state index is 0.0995. The van der Waals surface area contributed by atoms with Crippen molar-refractivity contribution in [1.82, 2.24) is 0 Å². The summed E-state index contributed by atoms with van der Waals surface area (Å²) in [4.78, 5) is 15.6. The van der Waals surface area contributed by atoms with Gasteiger partial charge in [-0.2, -0.15) is 0 Å². The molecule has 0 saturated heterocycles. The van der Waals surface area contributed by atoms with Crippen LogP contribution in [0.1, 0.15) is 72.1 Å². The molecule has 2 atom stereocenters. The van der Waals surface area contributed by atoms with Gasteiger partial charge < -0.3 is 47.4 Å². The smallest absolute Gasteiger partial charge is 0.344 e. The number of hydrogen-bond acceptors (Lipinski definition) is 11. The Labute approximate surface area is 527 Å². The van der Waals surface area contributed by atoms with Crippen LogP contribution in [-0.4, -0.2) is 12.1 Å². The number of esters is 1. The van der Waals surface area contributed by atoms with Crippen molar-refractivity contribution >= 4 is 5.97 Å². The zero-order valence-corrected chi connectivity index (χ0v) is 49.7. The molecule has 12 rings (SSSR count). The number of rotatable bonds is 27. The van der Waals surface area contributed by atoms with E-state index in [4.69, 9.17) is 47.4 Å². The Kier molecular flexibility index (Phi) is 19.7. The number of carbonyl (C=O) groups excluding carboxylic acids is 1. The number of fused-ring (bicyclic) bond motifs is 1. The van der Waals surface area contributed by atoms with Gasteiger partial charge in [0.2, 0.25) is 23.0 Å². The molecular weight excluding hydrogens is 1150 g/mol. The minimum Gasteiger partial charge on any atom is -0.489 e. The summed E-state index contributed by atoms with van der Waals surface area (Å²) < 4.78 is 102. The van der Waals surface area contributed by atoms with Gasteiger partial charge in [0.1, 0.15) is 81.8 Å². The van der Waals surface area contributed by atoms with E-state index in [9.17, 15) is 0 Å². The van der Waals surface area contributed by atoms with Crippen LogP contribution < -0.4 is 42.6 Å². The fraction of sp³-hybridized carbons (Fsp3) is 0.141. The molecule has 1 aliphatic rings. The monoisotopic (exact) mass is 1210 g/mol. The van der Waals surface area contributed by atoms with E-state index >= 15 is 13.6 Å². The highest BCUT2D eigenvalue weighted by Crippen LogP contribution is 2.50. The maximum Gasteiger partial charge on any atom is 0.344 e. The zero-order valence-electron chi connectivity index (χ0n) is 49.7. The van der Waals surface area contributed by atoms with E-state index in [-0.39, 0.29) is 76.5 Å². The Morgan fingerprint density at radius 3 is 1.02 bits per heavy atom. The van der Waals surface area contributed by atoms with Crippen LogP contribution in [0.15, 0.2) is 267 Å². The molecule has 0 unspecified atom stereocenters. The van der Waals surface area contributed by atoms with Gasteiger partial charge in [-0.3, -0.25) is 0 Å². The van der Waals surface area contributed by atoms with Crippen LogP contribution in [-0.2, 0) is 64.0 Å². The molecule has 0 bridgehead atoms. The molecule has 1 aliphatic heterocycles. The van der Waals surface area contributed by atoms with Crippen molar-refractivity contribution in [1.29, 1.82) is 0 Å². The van der Waals surface area contributed by atoms with Gasteiger partial charge in [0.15, 0.2) is 29.2 Å². The normalized spacial score (nSPS) is 13.2. The molecule has 0 spiro atoms. The molecule has 0 N–H and O–H groups in total. The van der Waals surface area contributed by atoms with Crippen LogP contribution in [0.4, 0.5) is 8.78 Å². The van der Waals surface area contributed by atoms with Crippen LogP contribution in [0.3, 0.4) is 0 Å². The third kappa shape index (κ3) is 15.6. The molecule has 0 saturated carbocycles. The van der Waals surface area contributed by atoms with Crippen molar-refractivity contribution in [3.8, 4) is 51.7 Å². The number of carbonyl (C=O) groups is 1. The second kappa shape index (κ2) is 29.8.